The van der Waals surface area contributed by atoms with E-state index in [1.165, 1.54) is 29.7 Å². The fraction of sp³-hybridized carbons (Fsp3) is 0.300. The summed E-state index contributed by atoms with van der Waals surface area (Å²) in [5.41, 5.74) is 0. The van der Waals surface area contributed by atoms with Gasteiger partial charge in [-0.25, -0.2) is 13.4 Å². The van der Waals surface area contributed by atoms with Crippen molar-refractivity contribution >= 4 is 32.3 Å². The van der Waals surface area contributed by atoms with Gasteiger partial charge in [0.05, 0.1) is 4.90 Å². The number of hydrogen-bond donors (Lipinski definition) is 2. The molecule has 2 aromatic heterocycles. The molecule has 9 heteroatoms. The van der Waals surface area contributed by atoms with Crippen LogP contribution < -0.4 is 10.0 Å². The number of aromatic nitrogens is 3. The fourth-order valence-electron chi connectivity index (χ4n) is 1.33. The Labute approximate surface area is 115 Å². The van der Waals surface area contributed by atoms with Crippen LogP contribution in [0, 0.1) is 0 Å². The first-order valence-corrected chi connectivity index (χ1v) is 7.84. The van der Waals surface area contributed by atoms with Gasteiger partial charge >= 0.3 is 0 Å². The van der Waals surface area contributed by atoms with Crippen LogP contribution in [0.5, 0.6) is 0 Å². The maximum absolute atomic E-state index is 12.1. The average Bonchev–Trinajstić information content (AvgIpc) is 2.85. The first-order chi connectivity index (χ1) is 9.05. The number of aryl methyl sites for hydroxylation is 1. The molecule has 0 saturated heterocycles. The Hall–Kier alpha value is -1.74. The molecule has 0 atom stereocenters. The van der Waals surface area contributed by atoms with Crippen LogP contribution in [-0.2, 0) is 16.4 Å². The molecule has 2 rings (SSSR count). The van der Waals surface area contributed by atoms with E-state index in [1.807, 2.05) is 6.92 Å². The summed E-state index contributed by atoms with van der Waals surface area (Å²) in [6, 6.07) is 2.87. The summed E-state index contributed by atoms with van der Waals surface area (Å²) in [6.45, 7) is 1.93. The molecule has 2 N–H and O–H groups in total. The maximum atomic E-state index is 12.1. The van der Waals surface area contributed by atoms with Gasteiger partial charge in [-0.3, -0.25) is 4.72 Å². The number of nitrogens with zero attached hydrogens (tertiary/aromatic N) is 3. The van der Waals surface area contributed by atoms with E-state index in [4.69, 9.17) is 0 Å². The normalized spacial score (nSPS) is 11.3. The standard InChI is InChI=1S/C10H13N5O2S2/c1-3-9-13-14-10(18-9)15-19(16,17)7-4-5-12-8(6-7)11-2/h4-6H,3H2,1-2H3,(H,11,12)(H,14,15). The second kappa shape index (κ2) is 5.49. The van der Waals surface area contributed by atoms with E-state index in [0.29, 0.717) is 5.82 Å². The second-order valence-corrected chi connectivity index (χ2v) is 6.33. The molecule has 7 nitrogen and oxygen atoms in total. The third kappa shape index (κ3) is 3.18. The molecule has 0 spiro atoms. The predicted octanol–water partition coefficient (Wildman–Crippen LogP) is 1.34. The number of anilines is 2. The highest BCUT2D eigenvalue weighted by Gasteiger charge is 2.17. The Kier molecular flexibility index (Phi) is 3.96. The SMILES string of the molecule is CCc1nnc(NS(=O)(=O)c2ccnc(NC)c2)s1. The Morgan fingerprint density at radius 3 is 2.79 bits per heavy atom. The van der Waals surface area contributed by atoms with E-state index in [9.17, 15) is 8.42 Å². The van der Waals surface area contributed by atoms with Crippen molar-refractivity contribution in [3.63, 3.8) is 0 Å². The molecular weight excluding hydrogens is 286 g/mol. The first-order valence-electron chi connectivity index (χ1n) is 5.54. The first kappa shape index (κ1) is 13.7. The Balaban J connectivity index is 2.26. The highest BCUT2D eigenvalue weighted by atomic mass is 32.2. The lowest BCUT2D eigenvalue weighted by molar-refractivity contribution is 0.601. The summed E-state index contributed by atoms with van der Waals surface area (Å²) in [4.78, 5) is 4.09. The quantitative estimate of drug-likeness (QED) is 0.864. The summed E-state index contributed by atoms with van der Waals surface area (Å²) >= 11 is 1.22. The number of rotatable bonds is 5. The van der Waals surface area contributed by atoms with E-state index in [1.54, 1.807) is 7.05 Å². The van der Waals surface area contributed by atoms with Crippen LogP contribution >= 0.6 is 11.3 Å². The molecule has 0 saturated carbocycles. The zero-order chi connectivity index (χ0) is 13.9. The van der Waals surface area contributed by atoms with Crippen LogP contribution in [0.15, 0.2) is 23.2 Å². The summed E-state index contributed by atoms with van der Waals surface area (Å²) in [7, 11) is -1.99. The van der Waals surface area contributed by atoms with Crippen LogP contribution in [0.3, 0.4) is 0 Å². The molecule has 0 fully saturated rings. The minimum Gasteiger partial charge on any atom is -0.373 e. The largest absolute Gasteiger partial charge is 0.373 e. The molecule has 19 heavy (non-hydrogen) atoms. The molecule has 0 radical (unpaired) electrons. The van der Waals surface area contributed by atoms with Crippen molar-refractivity contribution in [2.45, 2.75) is 18.2 Å². The van der Waals surface area contributed by atoms with Crippen molar-refractivity contribution in [2.24, 2.45) is 0 Å². The highest BCUT2D eigenvalue weighted by Crippen LogP contribution is 2.20. The minimum atomic E-state index is -3.66. The summed E-state index contributed by atoms with van der Waals surface area (Å²) in [6.07, 6.45) is 2.15. The van der Waals surface area contributed by atoms with Gasteiger partial charge in [-0.2, -0.15) is 0 Å². The van der Waals surface area contributed by atoms with E-state index >= 15 is 0 Å². The third-order valence-corrected chi connectivity index (χ3v) is 4.74. The van der Waals surface area contributed by atoms with Crippen molar-refractivity contribution in [2.75, 3.05) is 17.1 Å². The van der Waals surface area contributed by atoms with E-state index in [-0.39, 0.29) is 10.0 Å². The third-order valence-electron chi connectivity index (χ3n) is 2.29. The average molecular weight is 299 g/mol. The molecule has 2 heterocycles. The molecule has 0 unspecified atom stereocenters. The molecule has 0 amide bonds. The lowest BCUT2D eigenvalue weighted by Gasteiger charge is -2.05. The summed E-state index contributed by atoms with van der Waals surface area (Å²) in [5.74, 6) is 0.481. The lowest BCUT2D eigenvalue weighted by atomic mass is 10.5. The zero-order valence-electron chi connectivity index (χ0n) is 10.4. The van der Waals surface area contributed by atoms with Crippen LogP contribution in [0.2, 0.25) is 0 Å². The van der Waals surface area contributed by atoms with Crippen molar-refractivity contribution < 1.29 is 8.42 Å². The molecule has 0 aliphatic rings. The van der Waals surface area contributed by atoms with Gasteiger partial charge in [0.15, 0.2) is 0 Å². The van der Waals surface area contributed by atoms with Crippen LogP contribution in [0.25, 0.3) is 0 Å². The van der Waals surface area contributed by atoms with Crippen LogP contribution in [0.1, 0.15) is 11.9 Å². The van der Waals surface area contributed by atoms with Gasteiger partial charge in [-0.1, -0.05) is 18.3 Å². The van der Waals surface area contributed by atoms with Crippen LogP contribution in [0.4, 0.5) is 10.9 Å². The van der Waals surface area contributed by atoms with Gasteiger partial charge in [0.2, 0.25) is 5.13 Å². The van der Waals surface area contributed by atoms with Gasteiger partial charge in [0, 0.05) is 19.3 Å². The Bertz CT molecular complexity index is 668. The molecule has 0 aromatic carbocycles. The van der Waals surface area contributed by atoms with E-state index < -0.39 is 10.0 Å². The highest BCUT2D eigenvalue weighted by molar-refractivity contribution is 7.93. The van der Waals surface area contributed by atoms with Crippen LogP contribution in [-0.4, -0.2) is 30.6 Å². The smallest absolute Gasteiger partial charge is 0.263 e. The Morgan fingerprint density at radius 2 is 2.16 bits per heavy atom. The molecule has 102 valence electrons. The zero-order valence-corrected chi connectivity index (χ0v) is 12.0. The topological polar surface area (TPSA) is 96.9 Å². The number of nitrogens with one attached hydrogen (secondary N) is 2. The van der Waals surface area contributed by atoms with Crippen molar-refractivity contribution in [1.82, 2.24) is 15.2 Å². The van der Waals surface area contributed by atoms with Crippen molar-refractivity contribution in [1.29, 1.82) is 0 Å². The number of hydrogen-bond acceptors (Lipinski definition) is 7. The molecular formula is C10H13N5O2S2. The van der Waals surface area contributed by atoms with E-state index in [2.05, 4.69) is 25.2 Å². The monoisotopic (exact) mass is 299 g/mol. The second-order valence-electron chi connectivity index (χ2n) is 3.59. The Morgan fingerprint density at radius 1 is 1.37 bits per heavy atom. The van der Waals surface area contributed by atoms with E-state index in [0.717, 1.165) is 11.4 Å². The van der Waals surface area contributed by atoms with Gasteiger partial charge in [-0.05, 0) is 12.5 Å². The molecule has 0 aliphatic carbocycles. The molecule has 2 aromatic rings. The van der Waals surface area contributed by atoms with Crippen molar-refractivity contribution in [3.05, 3.63) is 23.3 Å². The summed E-state index contributed by atoms with van der Waals surface area (Å²) < 4.78 is 26.7. The maximum Gasteiger partial charge on any atom is 0.263 e. The number of pyridine rings is 1. The minimum absolute atomic E-state index is 0.125. The van der Waals surface area contributed by atoms with Gasteiger partial charge in [0.25, 0.3) is 10.0 Å². The van der Waals surface area contributed by atoms with Gasteiger partial charge in [0.1, 0.15) is 10.8 Å². The predicted molar refractivity (Wildman–Crippen MR) is 73.9 cm³/mol. The molecule has 0 aliphatic heterocycles. The number of sulfonamides is 1. The summed E-state index contributed by atoms with van der Waals surface area (Å²) in [5, 5.41) is 11.5. The molecule has 0 bridgehead atoms. The fourth-order valence-corrected chi connectivity index (χ4v) is 3.25. The lowest BCUT2D eigenvalue weighted by Crippen LogP contribution is -2.13. The van der Waals surface area contributed by atoms with Gasteiger partial charge in [-0.15, -0.1) is 10.2 Å². The van der Waals surface area contributed by atoms with Crippen molar-refractivity contribution in [3.8, 4) is 0 Å². The van der Waals surface area contributed by atoms with Gasteiger partial charge < -0.3 is 5.32 Å².